The second-order valence-electron chi connectivity index (χ2n) is 7.56. The van der Waals surface area contributed by atoms with Crippen molar-refractivity contribution in [2.24, 2.45) is 13.0 Å². The van der Waals surface area contributed by atoms with Gasteiger partial charge in [-0.1, -0.05) is 26.0 Å². The van der Waals surface area contributed by atoms with Gasteiger partial charge in [0.25, 0.3) is 5.91 Å². The van der Waals surface area contributed by atoms with Gasteiger partial charge in [-0.15, -0.1) is 0 Å². The number of benzene rings is 1. The fourth-order valence-corrected chi connectivity index (χ4v) is 3.09. The second kappa shape index (κ2) is 7.82. The molecule has 0 atom stereocenters. The van der Waals surface area contributed by atoms with E-state index in [1.54, 1.807) is 4.68 Å². The summed E-state index contributed by atoms with van der Waals surface area (Å²) in [7, 11) is 1.98. The average molecular weight is 364 g/mol. The van der Waals surface area contributed by atoms with Crippen molar-refractivity contribution in [3.63, 3.8) is 0 Å². The number of hydrogen-bond acceptors (Lipinski definition) is 2. The molecule has 5 heteroatoms. The van der Waals surface area contributed by atoms with Crippen LogP contribution < -0.4 is 5.32 Å². The van der Waals surface area contributed by atoms with E-state index in [9.17, 15) is 4.79 Å². The maximum Gasteiger partial charge on any atom is 0.270 e. The summed E-state index contributed by atoms with van der Waals surface area (Å²) in [6.45, 7) is 9.06. The minimum atomic E-state index is -0.0930. The number of amides is 1. The van der Waals surface area contributed by atoms with E-state index >= 15 is 0 Å². The number of rotatable bonds is 6. The Morgan fingerprint density at radius 1 is 1.19 bits per heavy atom. The van der Waals surface area contributed by atoms with Gasteiger partial charge in [0.2, 0.25) is 0 Å². The van der Waals surface area contributed by atoms with E-state index in [-0.39, 0.29) is 5.91 Å². The molecule has 0 aliphatic carbocycles. The lowest BCUT2D eigenvalue weighted by molar-refractivity contribution is 0.0944. The molecule has 5 nitrogen and oxygen atoms in total. The van der Waals surface area contributed by atoms with Crippen LogP contribution in [-0.4, -0.2) is 26.8 Å². The summed E-state index contributed by atoms with van der Waals surface area (Å²) in [5.74, 6) is 0.456. The first-order valence-corrected chi connectivity index (χ1v) is 9.44. The Hall–Kier alpha value is -2.82. The molecule has 27 heavy (non-hydrogen) atoms. The van der Waals surface area contributed by atoms with Gasteiger partial charge in [-0.2, -0.15) is 5.10 Å². The van der Waals surface area contributed by atoms with Crippen LogP contribution in [0.3, 0.4) is 0 Å². The molecule has 1 aromatic carbocycles. The minimum absolute atomic E-state index is 0.0930. The van der Waals surface area contributed by atoms with Crippen molar-refractivity contribution in [1.82, 2.24) is 19.7 Å². The largest absolute Gasteiger partial charge is 0.351 e. The third-order valence-electron chi connectivity index (χ3n) is 4.75. The smallest absolute Gasteiger partial charge is 0.270 e. The Balaban J connectivity index is 2.04. The molecule has 0 saturated carbocycles. The Kier molecular flexibility index (Phi) is 5.49. The molecule has 0 fully saturated rings. The number of nitrogens with one attached hydrogen (secondary N) is 1. The maximum absolute atomic E-state index is 12.9. The minimum Gasteiger partial charge on any atom is -0.351 e. The van der Waals surface area contributed by atoms with E-state index < -0.39 is 0 Å². The van der Waals surface area contributed by atoms with Gasteiger partial charge in [-0.25, -0.2) is 4.68 Å². The first kappa shape index (κ1) is 19.0. The van der Waals surface area contributed by atoms with E-state index in [0.29, 0.717) is 18.2 Å². The molecule has 0 bridgehead atoms. The zero-order valence-electron chi connectivity index (χ0n) is 16.8. The van der Waals surface area contributed by atoms with Crippen LogP contribution in [0.15, 0.2) is 42.6 Å². The van der Waals surface area contributed by atoms with Gasteiger partial charge in [-0.3, -0.25) is 4.79 Å². The van der Waals surface area contributed by atoms with Crippen molar-refractivity contribution in [3.05, 3.63) is 59.4 Å². The quantitative estimate of drug-likeness (QED) is 0.710. The van der Waals surface area contributed by atoms with Crippen LogP contribution in [0, 0.1) is 19.8 Å². The molecule has 0 spiro atoms. The predicted molar refractivity (Wildman–Crippen MR) is 109 cm³/mol. The molecular formula is C22H28N4O. The molecule has 1 N–H and O–H groups in total. The fraction of sp³-hybridized carbons (Fsp3) is 0.364. The molecule has 2 aromatic heterocycles. The Morgan fingerprint density at radius 3 is 2.63 bits per heavy atom. The van der Waals surface area contributed by atoms with E-state index in [4.69, 9.17) is 5.10 Å². The van der Waals surface area contributed by atoms with Crippen molar-refractivity contribution < 1.29 is 4.79 Å². The average Bonchev–Trinajstić information content (AvgIpc) is 3.22. The lowest BCUT2D eigenvalue weighted by atomic mass is 10.1. The highest BCUT2D eigenvalue weighted by molar-refractivity contribution is 5.94. The van der Waals surface area contributed by atoms with Crippen LogP contribution in [0.1, 0.15) is 41.9 Å². The molecule has 3 rings (SSSR count). The predicted octanol–water partition coefficient (Wildman–Crippen LogP) is 4.27. The SMILES string of the molecule is Cc1ccc(C)c(-n2nc(-c3cccn3C)cc2C(=O)NCCC(C)C)c1. The summed E-state index contributed by atoms with van der Waals surface area (Å²) >= 11 is 0. The molecule has 0 aliphatic rings. The highest BCUT2D eigenvalue weighted by Crippen LogP contribution is 2.24. The van der Waals surface area contributed by atoms with Gasteiger partial charge in [-0.05, 0) is 61.6 Å². The second-order valence-corrected chi connectivity index (χ2v) is 7.56. The third kappa shape index (κ3) is 4.13. The topological polar surface area (TPSA) is 51.9 Å². The molecule has 3 aromatic rings. The van der Waals surface area contributed by atoms with Gasteiger partial charge in [0.1, 0.15) is 11.4 Å². The summed E-state index contributed by atoms with van der Waals surface area (Å²) in [5.41, 5.74) is 5.48. The highest BCUT2D eigenvalue weighted by Gasteiger charge is 2.19. The van der Waals surface area contributed by atoms with Crippen LogP contribution >= 0.6 is 0 Å². The molecule has 0 aliphatic heterocycles. The Labute approximate surface area is 161 Å². The molecule has 0 unspecified atom stereocenters. The van der Waals surface area contributed by atoms with Crippen molar-refractivity contribution in [1.29, 1.82) is 0 Å². The highest BCUT2D eigenvalue weighted by atomic mass is 16.2. The monoisotopic (exact) mass is 364 g/mol. The standard InChI is InChI=1S/C22H28N4O/c1-15(2)10-11-23-22(27)21-14-18(19-7-6-12-25(19)5)24-26(21)20-13-16(3)8-9-17(20)4/h6-9,12-15H,10-11H2,1-5H3,(H,23,27). The first-order valence-electron chi connectivity index (χ1n) is 9.44. The zero-order chi connectivity index (χ0) is 19.6. The van der Waals surface area contributed by atoms with Gasteiger partial charge in [0.05, 0.1) is 11.4 Å². The number of carbonyl (C=O) groups is 1. The van der Waals surface area contributed by atoms with Gasteiger partial charge in [0.15, 0.2) is 0 Å². The van der Waals surface area contributed by atoms with E-state index in [0.717, 1.165) is 34.6 Å². The molecule has 142 valence electrons. The van der Waals surface area contributed by atoms with Crippen LogP contribution in [0.5, 0.6) is 0 Å². The van der Waals surface area contributed by atoms with Crippen molar-refractivity contribution in [2.45, 2.75) is 34.1 Å². The van der Waals surface area contributed by atoms with E-state index in [1.807, 2.05) is 49.9 Å². The summed E-state index contributed by atoms with van der Waals surface area (Å²) in [6, 6.07) is 12.1. The summed E-state index contributed by atoms with van der Waals surface area (Å²) in [5, 5.41) is 7.83. The molecular weight excluding hydrogens is 336 g/mol. The molecule has 2 heterocycles. The van der Waals surface area contributed by atoms with Crippen LogP contribution in [0.25, 0.3) is 17.1 Å². The number of carbonyl (C=O) groups excluding carboxylic acids is 1. The number of aryl methyl sites for hydroxylation is 3. The molecule has 0 radical (unpaired) electrons. The van der Waals surface area contributed by atoms with E-state index in [1.165, 1.54) is 0 Å². The Bertz CT molecular complexity index is 949. The van der Waals surface area contributed by atoms with Gasteiger partial charge < -0.3 is 9.88 Å². The van der Waals surface area contributed by atoms with E-state index in [2.05, 4.69) is 37.4 Å². The van der Waals surface area contributed by atoms with Gasteiger partial charge >= 0.3 is 0 Å². The zero-order valence-corrected chi connectivity index (χ0v) is 16.8. The van der Waals surface area contributed by atoms with Crippen LogP contribution in [0.4, 0.5) is 0 Å². The lowest BCUT2D eigenvalue weighted by Crippen LogP contribution is -2.27. The molecule has 0 saturated heterocycles. The Morgan fingerprint density at radius 2 is 1.96 bits per heavy atom. The van der Waals surface area contributed by atoms with Crippen molar-refractivity contribution in [2.75, 3.05) is 6.54 Å². The van der Waals surface area contributed by atoms with Crippen LogP contribution in [-0.2, 0) is 7.05 Å². The number of hydrogen-bond donors (Lipinski definition) is 1. The summed E-state index contributed by atoms with van der Waals surface area (Å²) in [4.78, 5) is 12.9. The maximum atomic E-state index is 12.9. The normalized spacial score (nSPS) is 11.2. The summed E-state index contributed by atoms with van der Waals surface area (Å²) in [6.07, 6.45) is 2.93. The van der Waals surface area contributed by atoms with Gasteiger partial charge in [0, 0.05) is 19.8 Å². The summed E-state index contributed by atoms with van der Waals surface area (Å²) < 4.78 is 3.78. The molecule has 1 amide bonds. The lowest BCUT2D eigenvalue weighted by Gasteiger charge is -2.12. The van der Waals surface area contributed by atoms with Crippen molar-refractivity contribution >= 4 is 5.91 Å². The first-order chi connectivity index (χ1) is 12.9. The fourth-order valence-electron chi connectivity index (χ4n) is 3.09. The number of nitrogens with zero attached hydrogens (tertiary/aromatic N) is 3. The van der Waals surface area contributed by atoms with Crippen LogP contribution in [0.2, 0.25) is 0 Å². The number of aromatic nitrogens is 3. The third-order valence-corrected chi connectivity index (χ3v) is 4.75. The van der Waals surface area contributed by atoms with Crippen molar-refractivity contribution in [3.8, 4) is 17.1 Å².